The first-order valence-electron chi connectivity index (χ1n) is 4.69. The Kier molecular flexibility index (Phi) is 1.84. The first-order valence-corrected chi connectivity index (χ1v) is 4.69. The van der Waals surface area contributed by atoms with Gasteiger partial charge in [0.25, 0.3) is 0 Å². The van der Waals surface area contributed by atoms with Crippen LogP contribution in [0.3, 0.4) is 0 Å². The number of pyridine rings is 1. The van der Waals surface area contributed by atoms with Gasteiger partial charge in [0.1, 0.15) is 0 Å². The highest BCUT2D eigenvalue weighted by Gasteiger charge is 2.63. The summed E-state index contributed by atoms with van der Waals surface area (Å²) in [4.78, 5) is 15.1. The van der Waals surface area contributed by atoms with Crippen molar-refractivity contribution in [2.45, 2.75) is 19.8 Å². The minimum absolute atomic E-state index is 0.0706. The van der Waals surface area contributed by atoms with E-state index in [-0.39, 0.29) is 17.3 Å². The van der Waals surface area contributed by atoms with E-state index in [1.54, 1.807) is 6.20 Å². The van der Waals surface area contributed by atoms with Gasteiger partial charge in [0, 0.05) is 17.8 Å². The second-order valence-electron chi connectivity index (χ2n) is 4.37. The van der Waals surface area contributed by atoms with E-state index < -0.39 is 5.97 Å². The normalized spacial score (nSPS) is 28.4. The van der Waals surface area contributed by atoms with Crippen LogP contribution in [-0.4, -0.2) is 16.1 Å². The summed E-state index contributed by atoms with van der Waals surface area (Å²) in [6.07, 6.45) is 1.71. The molecule has 1 aromatic heterocycles. The molecule has 1 heterocycles. The average Bonchev–Trinajstić information content (AvgIpc) is 2.71. The van der Waals surface area contributed by atoms with Gasteiger partial charge < -0.3 is 5.11 Å². The van der Waals surface area contributed by atoms with E-state index in [4.69, 9.17) is 5.11 Å². The molecule has 14 heavy (non-hydrogen) atoms. The molecule has 3 nitrogen and oxygen atoms in total. The summed E-state index contributed by atoms with van der Waals surface area (Å²) >= 11 is 0. The molecule has 1 aliphatic rings. The Hall–Kier alpha value is -1.38. The molecule has 0 radical (unpaired) electrons. The molecule has 0 aromatic carbocycles. The zero-order valence-corrected chi connectivity index (χ0v) is 8.27. The number of nitrogens with zero attached hydrogens (tertiary/aromatic N) is 1. The molecule has 0 bridgehead atoms. The Morgan fingerprint density at radius 1 is 1.50 bits per heavy atom. The topological polar surface area (TPSA) is 50.2 Å². The molecule has 2 atom stereocenters. The largest absolute Gasteiger partial charge is 0.481 e. The van der Waals surface area contributed by atoms with Crippen molar-refractivity contribution in [1.29, 1.82) is 0 Å². The van der Waals surface area contributed by atoms with E-state index >= 15 is 0 Å². The SMILES string of the molecule is CC1(C)C(C(=O)O)C1c1ccccn1. The van der Waals surface area contributed by atoms with Gasteiger partial charge in [0.15, 0.2) is 0 Å². The Balaban J connectivity index is 2.28. The van der Waals surface area contributed by atoms with E-state index in [2.05, 4.69) is 4.98 Å². The smallest absolute Gasteiger partial charge is 0.307 e. The van der Waals surface area contributed by atoms with E-state index in [0.717, 1.165) is 5.69 Å². The number of aliphatic carboxylic acids is 1. The summed E-state index contributed by atoms with van der Waals surface area (Å²) in [5.74, 6) is -0.927. The van der Waals surface area contributed by atoms with Crippen molar-refractivity contribution in [3.63, 3.8) is 0 Å². The molecule has 3 heteroatoms. The molecule has 1 saturated carbocycles. The van der Waals surface area contributed by atoms with Crippen LogP contribution in [0.4, 0.5) is 0 Å². The molecule has 0 saturated heterocycles. The standard InChI is InChI=1S/C11H13NO2/c1-11(2)8(9(11)10(13)14)7-5-3-4-6-12-7/h3-6,8-9H,1-2H3,(H,13,14). The van der Waals surface area contributed by atoms with Crippen molar-refractivity contribution in [1.82, 2.24) is 4.98 Å². The lowest BCUT2D eigenvalue weighted by Crippen LogP contribution is -2.03. The quantitative estimate of drug-likeness (QED) is 0.776. The van der Waals surface area contributed by atoms with Crippen LogP contribution in [0.25, 0.3) is 0 Å². The number of hydrogen-bond acceptors (Lipinski definition) is 2. The minimum atomic E-state index is -0.717. The third-order valence-corrected chi connectivity index (χ3v) is 3.10. The number of aromatic nitrogens is 1. The van der Waals surface area contributed by atoms with Crippen molar-refractivity contribution in [2.75, 3.05) is 0 Å². The van der Waals surface area contributed by atoms with Gasteiger partial charge in [-0.3, -0.25) is 9.78 Å². The van der Waals surface area contributed by atoms with E-state index in [1.807, 2.05) is 32.0 Å². The fourth-order valence-corrected chi connectivity index (χ4v) is 2.21. The van der Waals surface area contributed by atoms with E-state index in [9.17, 15) is 4.79 Å². The van der Waals surface area contributed by atoms with Gasteiger partial charge in [-0.15, -0.1) is 0 Å². The van der Waals surface area contributed by atoms with Crippen molar-refractivity contribution in [3.05, 3.63) is 30.1 Å². The zero-order chi connectivity index (χ0) is 10.3. The van der Waals surface area contributed by atoms with Gasteiger partial charge in [-0.05, 0) is 17.5 Å². The molecule has 0 amide bonds. The van der Waals surface area contributed by atoms with Crippen LogP contribution in [-0.2, 0) is 4.79 Å². The van der Waals surface area contributed by atoms with Gasteiger partial charge in [-0.2, -0.15) is 0 Å². The summed E-state index contributed by atoms with van der Waals surface area (Å²) in [5, 5.41) is 8.99. The van der Waals surface area contributed by atoms with Crippen molar-refractivity contribution in [3.8, 4) is 0 Å². The molecule has 74 valence electrons. The molecule has 0 aliphatic heterocycles. The molecular formula is C11H13NO2. The van der Waals surface area contributed by atoms with Crippen LogP contribution < -0.4 is 0 Å². The highest BCUT2D eigenvalue weighted by atomic mass is 16.4. The van der Waals surface area contributed by atoms with Crippen LogP contribution in [0, 0.1) is 11.3 Å². The van der Waals surface area contributed by atoms with Crippen molar-refractivity contribution in [2.24, 2.45) is 11.3 Å². The molecule has 2 rings (SSSR count). The maximum absolute atomic E-state index is 10.9. The number of carbonyl (C=O) groups is 1. The fraction of sp³-hybridized carbons (Fsp3) is 0.455. The monoisotopic (exact) mass is 191 g/mol. The Morgan fingerprint density at radius 3 is 2.64 bits per heavy atom. The maximum Gasteiger partial charge on any atom is 0.307 e. The van der Waals surface area contributed by atoms with Gasteiger partial charge in [-0.1, -0.05) is 19.9 Å². The second-order valence-corrected chi connectivity index (χ2v) is 4.37. The Bertz CT molecular complexity index is 359. The van der Waals surface area contributed by atoms with Gasteiger partial charge >= 0.3 is 5.97 Å². The molecule has 1 aromatic rings. The predicted molar refractivity (Wildman–Crippen MR) is 51.9 cm³/mol. The second kappa shape index (κ2) is 2.80. The molecular weight excluding hydrogens is 178 g/mol. The summed E-state index contributed by atoms with van der Waals surface area (Å²) < 4.78 is 0. The number of carboxylic acids is 1. The highest BCUT2D eigenvalue weighted by molar-refractivity contribution is 5.77. The van der Waals surface area contributed by atoms with Crippen LogP contribution in [0.15, 0.2) is 24.4 Å². The van der Waals surface area contributed by atoms with Gasteiger partial charge in [-0.25, -0.2) is 0 Å². The third kappa shape index (κ3) is 1.20. The number of carboxylic acid groups (broad SMARTS) is 1. The summed E-state index contributed by atoms with van der Waals surface area (Å²) in [5.41, 5.74) is 0.741. The van der Waals surface area contributed by atoms with Crippen LogP contribution in [0.5, 0.6) is 0 Å². The Labute approximate surface area is 82.8 Å². The van der Waals surface area contributed by atoms with Crippen molar-refractivity contribution >= 4 is 5.97 Å². The van der Waals surface area contributed by atoms with Crippen LogP contribution in [0.1, 0.15) is 25.5 Å². The first-order chi connectivity index (χ1) is 6.55. The van der Waals surface area contributed by atoms with Crippen LogP contribution in [0.2, 0.25) is 0 Å². The number of rotatable bonds is 2. The first kappa shape index (κ1) is 9.19. The lowest BCUT2D eigenvalue weighted by atomic mass is 10.1. The predicted octanol–water partition coefficient (Wildman–Crippen LogP) is 1.91. The maximum atomic E-state index is 10.9. The summed E-state index contributed by atoms with van der Waals surface area (Å²) in [6.45, 7) is 3.95. The minimum Gasteiger partial charge on any atom is -0.481 e. The lowest BCUT2D eigenvalue weighted by Gasteiger charge is -2.00. The summed E-state index contributed by atoms with van der Waals surface area (Å²) in [6, 6.07) is 5.64. The molecule has 1 aliphatic carbocycles. The van der Waals surface area contributed by atoms with E-state index in [0.29, 0.717) is 0 Å². The third-order valence-electron chi connectivity index (χ3n) is 3.10. The Morgan fingerprint density at radius 2 is 2.21 bits per heavy atom. The fourth-order valence-electron chi connectivity index (χ4n) is 2.21. The molecule has 2 unspecified atom stereocenters. The molecule has 0 spiro atoms. The summed E-state index contributed by atoms with van der Waals surface area (Å²) in [7, 11) is 0. The van der Waals surface area contributed by atoms with E-state index in [1.165, 1.54) is 0 Å². The average molecular weight is 191 g/mol. The molecule has 1 N–H and O–H groups in total. The van der Waals surface area contributed by atoms with Gasteiger partial charge in [0.2, 0.25) is 0 Å². The highest BCUT2D eigenvalue weighted by Crippen LogP contribution is 2.63. The van der Waals surface area contributed by atoms with Crippen LogP contribution >= 0.6 is 0 Å². The molecule has 1 fully saturated rings. The van der Waals surface area contributed by atoms with Gasteiger partial charge in [0.05, 0.1) is 5.92 Å². The number of hydrogen-bond donors (Lipinski definition) is 1. The zero-order valence-electron chi connectivity index (χ0n) is 8.27. The van der Waals surface area contributed by atoms with Crippen molar-refractivity contribution < 1.29 is 9.90 Å². The lowest BCUT2D eigenvalue weighted by molar-refractivity contribution is -0.139.